The topological polar surface area (TPSA) is 39.1 Å². The summed E-state index contributed by atoms with van der Waals surface area (Å²) in [6.45, 7) is 7.59. The summed E-state index contributed by atoms with van der Waals surface area (Å²) in [7, 11) is 3.65. The zero-order valence-electron chi connectivity index (χ0n) is 10.9. The van der Waals surface area contributed by atoms with Gasteiger partial charge in [0.15, 0.2) is 5.75 Å². The molecule has 0 radical (unpaired) electrons. The van der Waals surface area contributed by atoms with Gasteiger partial charge in [0.1, 0.15) is 0 Å². The standard InChI is InChI=1S/C12H23N3O/c1-9(2)13-7-10(3)6-11-12(16-5)8-14-15(11)4/h8-10,13H,6-7H2,1-5H3. The van der Waals surface area contributed by atoms with Crippen LogP contribution in [0.3, 0.4) is 0 Å². The second kappa shape index (κ2) is 5.89. The van der Waals surface area contributed by atoms with Gasteiger partial charge in [-0.15, -0.1) is 0 Å². The van der Waals surface area contributed by atoms with Crippen LogP contribution in [0.15, 0.2) is 6.20 Å². The van der Waals surface area contributed by atoms with E-state index in [2.05, 4.69) is 31.2 Å². The predicted molar refractivity (Wildman–Crippen MR) is 65.8 cm³/mol. The summed E-state index contributed by atoms with van der Waals surface area (Å²) in [6.07, 6.45) is 2.76. The molecule has 4 heteroatoms. The van der Waals surface area contributed by atoms with Crippen molar-refractivity contribution in [3.63, 3.8) is 0 Å². The van der Waals surface area contributed by atoms with E-state index in [1.54, 1.807) is 13.3 Å². The van der Waals surface area contributed by atoms with Crippen LogP contribution >= 0.6 is 0 Å². The average Bonchev–Trinajstić information content (AvgIpc) is 2.57. The molecule has 0 aliphatic heterocycles. The molecule has 0 aliphatic carbocycles. The second-order valence-corrected chi connectivity index (χ2v) is 4.66. The van der Waals surface area contributed by atoms with Crippen molar-refractivity contribution in [3.05, 3.63) is 11.9 Å². The van der Waals surface area contributed by atoms with Gasteiger partial charge < -0.3 is 10.1 Å². The number of hydrogen-bond donors (Lipinski definition) is 1. The molecular formula is C12H23N3O. The Morgan fingerprint density at radius 3 is 2.69 bits per heavy atom. The van der Waals surface area contributed by atoms with Gasteiger partial charge in [0.25, 0.3) is 0 Å². The molecule has 0 saturated heterocycles. The SMILES string of the molecule is COc1cnn(C)c1CC(C)CNC(C)C. The van der Waals surface area contributed by atoms with E-state index in [9.17, 15) is 0 Å². The highest BCUT2D eigenvalue weighted by Gasteiger charge is 2.12. The molecule has 16 heavy (non-hydrogen) atoms. The van der Waals surface area contributed by atoms with Crippen LogP contribution in [0.2, 0.25) is 0 Å². The summed E-state index contributed by atoms with van der Waals surface area (Å²) >= 11 is 0. The second-order valence-electron chi connectivity index (χ2n) is 4.66. The van der Waals surface area contributed by atoms with Crippen molar-refractivity contribution >= 4 is 0 Å². The van der Waals surface area contributed by atoms with Crippen molar-refractivity contribution in [2.75, 3.05) is 13.7 Å². The van der Waals surface area contributed by atoms with E-state index in [0.29, 0.717) is 12.0 Å². The Hall–Kier alpha value is -1.03. The van der Waals surface area contributed by atoms with Gasteiger partial charge in [0.2, 0.25) is 0 Å². The van der Waals surface area contributed by atoms with Gasteiger partial charge in [0, 0.05) is 13.1 Å². The number of nitrogens with one attached hydrogen (secondary N) is 1. The average molecular weight is 225 g/mol. The van der Waals surface area contributed by atoms with E-state index < -0.39 is 0 Å². The van der Waals surface area contributed by atoms with Crippen molar-refractivity contribution in [2.45, 2.75) is 33.2 Å². The molecule has 0 bridgehead atoms. The molecule has 0 fully saturated rings. The zero-order chi connectivity index (χ0) is 12.1. The molecule has 1 unspecified atom stereocenters. The lowest BCUT2D eigenvalue weighted by molar-refractivity contribution is 0.399. The lowest BCUT2D eigenvalue weighted by Gasteiger charge is -2.15. The maximum atomic E-state index is 5.29. The first-order valence-electron chi connectivity index (χ1n) is 5.82. The molecule has 92 valence electrons. The van der Waals surface area contributed by atoms with E-state index in [0.717, 1.165) is 18.7 Å². The van der Waals surface area contributed by atoms with E-state index in [-0.39, 0.29) is 0 Å². The molecule has 0 spiro atoms. The largest absolute Gasteiger partial charge is 0.493 e. The minimum atomic E-state index is 0.538. The number of ether oxygens (including phenoxy) is 1. The summed E-state index contributed by atoms with van der Waals surface area (Å²) in [6, 6.07) is 0.538. The maximum absolute atomic E-state index is 5.29. The predicted octanol–water partition coefficient (Wildman–Crippen LogP) is 1.61. The molecule has 0 aliphatic rings. The summed E-state index contributed by atoms with van der Waals surface area (Å²) < 4.78 is 7.18. The highest BCUT2D eigenvalue weighted by atomic mass is 16.5. The van der Waals surface area contributed by atoms with Gasteiger partial charge in [-0.2, -0.15) is 5.10 Å². The van der Waals surface area contributed by atoms with E-state index in [1.807, 2.05) is 11.7 Å². The lowest BCUT2D eigenvalue weighted by Crippen LogP contribution is -2.29. The van der Waals surface area contributed by atoms with E-state index in [4.69, 9.17) is 4.74 Å². The third-order valence-corrected chi connectivity index (χ3v) is 2.66. The van der Waals surface area contributed by atoms with Crippen molar-refractivity contribution in [1.82, 2.24) is 15.1 Å². The fraction of sp³-hybridized carbons (Fsp3) is 0.750. The number of aromatic nitrogens is 2. The molecule has 1 aromatic heterocycles. The summed E-state index contributed by atoms with van der Waals surface area (Å²) in [4.78, 5) is 0. The van der Waals surface area contributed by atoms with Crippen LogP contribution < -0.4 is 10.1 Å². The minimum Gasteiger partial charge on any atom is -0.493 e. The molecule has 0 amide bonds. The Morgan fingerprint density at radius 2 is 2.12 bits per heavy atom. The number of nitrogens with zero attached hydrogens (tertiary/aromatic N) is 2. The number of rotatable bonds is 6. The molecule has 0 saturated carbocycles. The normalized spacial score (nSPS) is 13.1. The van der Waals surface area contributed by atoms with Crippen LogP contribution in [0, 0.1) is 5.92 Å². The van der Waals surface area contributed by atoms with Crippen LogP contribution in [0.1, 0.15) is 26.5 Å². The monoisotopic (exact) mass is 225 g/mol. The molecule has 1 atom stereocenters. The summed E-state index contributed by atoms with van der Waals surface area (Å²) in [5.74, 6) is 1.46. The maximum Gasteiger partial charge on any atom is 0.159 e. The van der Waals surface area contributed by atoms with E-state index in [1.165, 1.54) is 5.69 Å². The van der Waals surface area contributed by atoms with Gasteiger partial charge >= 0.3 is 0 Å². The van der Waals surface area contributed by atoms with Gasteiger partial charge in [-0.25, -0.2) is 0 Å². The molecule has 4 nitrogen and oxygen atoms in total. The number of methoxy groups -OCH3 is 1. The van der Waals surface area contributed by atoms with Crippen LogP contribution in [-0.2, 0) is 13.5 Å². The molecule has 1 heterocycles. The van der Waals surface area contributed by atoms with Crippen molar-refractivity contribution in [2.24, 2.45) is 13.0 Å². The molecule has 1 aromatic rings. The highest BCUT2D eigenvalue weighted by Crippen LogP contribution is 2.19. The van der Waals surface area contributed by atoms with Crippen LogP contribution in [0.5, 0.6) is 5.75 Å². The van der Waals surface area contributed by atoms with Crippen molar-refractivity contribution in [3.8, 4) is 5.75 Å². The first-order chi connectivity index (χ1) is 7.54. The molecule has 1 rings (SSSR count). The molecule has 1 N–H and O–H groups in total. The van der Waals surface area contributed by atoms with Crippen molar-refractivity contribution < 1.29 is 4.74 Å². The number of hydrogen-bond acceptors (Lipinski definition) is 3. The zero-order valence-corrected chi connectivity index (χ0v) is 10.9. The lowest BCUT2D eigenvalue weighted by atomic mass is 10.0. The number of aryl methyl sites for hydroxylation is 1. The van der Waals surface area contributed by atoms with E-state index >= 15 is 0 Å². The fourth-order valence-corrected chi connectivity index (χ4v) is 1.69. The quantitative estimate of drug-likeness (QED) is 0.799. The highest BCUT2D eigenvalue weighted by molar-refractivity contribution is 5.25. The third-order valence-electron chi connectivity index (χ3n) is 2.66. The molecular weight excluding hydrogens is 202 g/mol. The third kappa shape index (κ3) is 3.52. The first kappa shape index (κ1) is 13.0. The smallest absolute Gasteiger partial charge is 0.159 e. The summed E-state index contributed by atoms with van der Waals surface area (Å²) in [5.41, 5.74) is 1.17. The van der Waals surface area contributed by atoms with Crippen molar-refractivity contribution in [1.29, 1.82) is 0 Å². The Balaban J connectivity index is 2.54. The Bertz CT molecular complexity index is 320. The first-order valence-corrected chi connectivity index (χ1v) is 5.82. The molecule has 0 aromatic carbocycles. The minimum absolute atomic E-state index is 0.538. The Morgan fingerprint density at radius 1 is 1.44 bits per heavy atom. The van der Waals surface area contributed by atoms with Gasteiger partial charge in [-0.1, -0.05) is 20.8 Å². The summed E-state index contributed by atoms with van der Waals surface area (Å²) in [5, 5.41) is 7.65. The Labute approximate surface area is 98.0 Å². The van der Waals surface area contributed by atoms with Crippen LogP contribution in [0.25, 0.3) is 0 Å². The van der Waals surface area contributed by atoms with Gasteiger partial charge in [0.05, 0.1) is 19.0 Å². The van der Waals surface area contributed by atoms with Crippen LogP contribution in [-0.4, -0.2) is 29.5 Å². The van der Waals surface area contributed by atoms with Crippen LogP contribution in [0.4, 0.5) is 0 Å². The van der Waals surface area contributed by atoms with Gasteiger partial charge in [-0.3, -0.25) is 4.68 Å². The Kier molecular flexibility index (Phi) is 4.80. The van der Waals surface area contributed by atoms with Gasteiger partial charge in [-0.05, 0) is 18.9 Å². The fourth-order valence-electron chi connectivity index (χ4n) is 1.69.